The molecule has 3 rings (SSSR count). The third kappa shape index (κ3) is 3.77. The van der Waals surface area contributed by atoms with Crippen LogP contribution in [0.2, 0.25) is 0 Å². The van der Waals surface area contributed by atoms with E-state index in [2.05, 4.69) is 5.32 Å². The highest BCUT2D eigenvalue weighted by molar-refractivity contribution is 5.82. The van der Waals surface area contributed by atoms with Crippen molar-refractivity contribution in [3.8, 4) is 0 Å². The van der Waals surface area contributed by atoms with Gasteiger partial charge in [0.2, 0.25) is 5.91 Å². The minimum absolute atomic E-state index is 0.00458. The lowest BCUT2D eigenvalue weighted by Crippen LogP contribution is -2.25. The van der Waals surface area contributed by atoms with Crippen LogP contribution in [0.5, 0.6) is 0 Å². The quantitative estimate of drug-likeness (QED) is 0.888. The highest BCUT2D eigenvalue weighted by atomic mass is 19.1. The van der Waals surface area contributed by atoms with E-state index in [1.807, 2.05) is 24.3 Å². The van der Waals surface area contributed by atoms with Gasteiger partial charge in [0, 0.05) is 19.6 Å². The molecule has 0 aromatic heterocycles. The molecule has 2 atom stereocenters. The van der Waals surface area contributed by atoms with E-state index in [9.17, 15) is 9.18 Å². The van der Waals surface area contributed by atoms with Crippen LogP contribution in [0.4, 0.5) is 4.39 Å². The number of halogens is 1. The SMILES string of the molecule is COCc1ccccc1CNC(=O)[C@H]1C[C@@H]1c1ccc(F)cc1. The fraction of sp³-hybridized carbons (Fsp3) is 0.316. The van der Waals surface area contributed by atoms with E-state index in [0.29, 0.717) is 13.2 Å². The van der Waals surface area contributed by atoms with E-state index in [4.69, 9.17) is 4.74 Å². The molecule has 0 spiro atoms. The van der Waals surface area contributed by atoms with Gasteiger partial charge in [0.05, 0.1) is 6.61 Å². The van der Waals surface area contributed by atoms with Gasteiger partial charge in [0.1, 0.15) is 5.82 Å². The molecule has 0 unspecified atom stereocenters. The molecule has 1 N–H and O–H groups in total. The first-order valence-corrected chi connectivity index (χ1v) is 7.78. The third-order valence-corrected chi connectivity index (χ3v) is 4.30. The molecule has 4 heteroatoms. The Kier molecular flexibility index (Phi) is 4.72. The summed E-state index contributed by atoms with van der Waals surface area (Å²) in [6.07, 6.45) is 0.831. The molecular weight excluding hydrogens is 293 g/mol. The molecule has 23 heavy (non-hydrogen) atoms. The van der Waals surface area contributed by atoms with Gasteiger partial charge in [0.25, 0.3) is 0 Å². The third-order valence-electron chi connectivity index (χ3n) is 4.30. The number of nitrogens with one attached hydrogen (secondary N) is 1. The number of rotatable bonds is 6. The van der Waals surface area contributed by atoms with Crippen molar-refractivity contribution in [2.45, 2.75) is 25.5 Å². The van der Waals surface area contributed by atoms with Gasteiger partial charge in [0.15, 0.2) is 0 Å². The largest absolute Gasteiger partial charge is 0.380 e. The first kappa shape index (κ1) is 15.7. The second kappa shape index (κ2) is 6.92. The number of methoxy groups -OCH3 is 1. The van der Waals surface area contributed by atoms with E-state index in [-0.39, 0.29) is 23.6 Å². The van der Waals surface area contributed by atoms with E-state index in [1.165, 1.54) is 12.1 Å². The van der Waals surface area contributed by atoms with Crippen molar-refractivity contribution in [1.29, 1.82) is 0 Å². The van der Waals surface area contributed by atoms with Gasteiger partial charge >= 0.3 is 0 Å². The summed E-state index contributed by atoms with van der Waals surface area (Å²) < 4.78 is 18.1. The molecule has 1 saturated carbocycles. The maximum atomic E-state index is 12.9. The zero-order chi connectivity index (χ0) is 16.2. The Morgan fingerprint density at radius 1 is 1.17 bits per heavy atom. The Bertz CT molecular complexity index is 684. The number of hydrogen-bond acceptors (Lipinski definition) is 2. The van der Waals surface area contributed by atoms with E-state index in [0.717, 1.165) is 23.1 Å². The molecule has 0 radical (unpaired) electrons. The maximum Gasteiger partial charge on any atom is 0.224 e. The fourth-order valence-electron chi connectivity index (χ4n) is 2.90. The first-order chi connectivity index (χ1) is 11.2. The van der Waals surface area contributed by atoms with Crippen LogP contribution in [0, 0.1) is 11.7 Å². The van der Waals surface area contributed by atoms with Crippen LogP contribution >= 0.6 is 0 Å². The van der Waals surface area contributed by atoms with Crippen molar-refractivity contribution in [1.82, 2.24) is 5.32 Å². The van der Waals surface area contributed by atoms with Crippen LogP contribution in [0.25, 0.3) is 0 Å². The van der Waals surface area contributed by atoms with Gasteiger partial charge in [-0.25, -0.2) is 4.39 Å². The van der Waals surface area contributed by atoms with Crippen molar-refractivity contribution < 1.29 is 13.9 Å². The van der Waals surface area contributed by atoms with Gasteiger partial charge in [-0.05, 0) is 41.2 Å². The number of hydrogen-bond donors (Lipinski definition) is 1. The standard InChI is InChI=1S/C19H20FNO2/c1-23-12-15-5-3-2-4-14(15)11-21-19(22)18-10-17(18)13-6-8-16(20)9-7-13/h2-9,17-18H,10-12H2,1H3,(H,21,22)/t17-,18+/m1/s1. The number of carbonyl (C=O) groups excluding carboxylic acids is 1. The molecule has 2 aromatic carbocycles. The van der Waals surface area contributed by atoms with Crippen LogP contribution in [0.3, 0.4) is 0 Å². The van der Waals surface area contributed by atoms with Crippen LogP contribution in [0.1, 0.15) is 29.0 Å². The summed E-state index contributed by atoms with van der Waals surface area (Å²) in [5, 5.41) is 3.00. The highest BCUT2D eigenvalue weighted by Crippen LogP contribution is 2.47. The Hall–Kier alpha value is -2.20. The second-order valence-electron chi connectivity index (χ2n) is 5.92. The average molecular weight is 313 g/mol. The van der Waals surface area contributed by atoms with E-state index in [1.54, 1.807) is 19.2 Å². The molecule has 1 aliphatic rings. The number of benzene rings is 2. The van der Waals surface area contributed by atoms with Crippen molar-refractivity contribution in [3.05, 3.63) is 71.0 Å². The molecule has 1 fully saturated rings. The van der Waals surface area contributed by atoms with Crippen molar-refractivity contribution in [2.24, 2.45) is 5.92 Å². The van der Waals surface area contributed by atoms with Crippen molar-refractivity contribution in [3.63, 3.8) is 0 Å². The van der Waals surface area contributed by atoms with Gasteiger partial charge in [-0.3, -0.25) is 4.79 Å². The summed E-state index contributed by atoms with van der Waals surface area (Å²) >= 11 is 0. The Labute approximate surface area is 135 Å². The van der Waals surface area contributed by atoms with Gasteiger partial charge in [-0.2, -0.15) is 0 Å². The summed E-state index contributed by atoms with van der Waals surface area (Å²) in [4.78, 5) is 12.3. The van der Waals surface area contributed by atoms with Crippen LogP contribution < -0.4 is 5.32 Å². The first-order valence-electron chi connectivity index (χ1n) is 7.78. The summed E-state index contributed by atoms with van der Waals surface area (Å²) in [5.74, 6) is 0.0246. The Morgan fingerprint density at radius 3 is 2.57 bits per heavy atom. The van der Waals surface area contributed by atoms with Crippen molar-refractivity contribution >= 4 is 5.91 Å². The zero-order valence-electron chi connectivity index (χ0n) is 13.1. The fourth-order valence-corrected chi connectivity index (χ4v) is 2.90. The topological polar surface area (TPSA) is 38.3 Å². The molecule has 0 aliphatic heterocycles. The summed E-state index contributed by atoms with van der Waals surface area (Å²) in [5.41, 5.74) is 3.19. The smallest absolute Gasteiger partial charge is 0.224 e. The second-order valence-corrected chi connectivity index (χ2v) is 5.92. The molecule has 0 heterocycles. The average Bonchev–Trinajstić information content (AvgIpc) is 3.35. The predicted molar refractivity (Wildman–Crippen MR) is 86.2 cm³/mol. The van der Waals surface area contributed by atoms with Crippen molar-refractivity contribution in [2.75, 3.05) is 7.11 Å². The summed E-state index contributed by atoms with van der Waals surface area (Å²) in [6, 6.07) is 14.3. The lowest BCUT2D eigenvalue weighted by molar-refractivity contribution is -0.122. The normalized spacial score (nSPS) is 19.4. The maximum absolute atomic E-state index is 12.9. The molecule has 120 valence electrons. The molecule has 1 aliphatic carbocycles. The number of carbonyl (C=O) groups is 1. The van der Waals surface area contributed by atoms with Gasteiger partial charge in [-0.15, -0.1) is 0 Å². The minimum Gasteiger partial charge on any atom is -0.380 e. The Morgan fingerprint density at radius 2 is 1.87 bits per heavy atom. The number of amides is 1. The molecule has 3 nitrogen and oxygen atoms in total. The molecule has 0 bridgehead atoms. The molecule has 2 aromatic rings. The highest BCUT2D eigenvalue weighted by Gasteiger charge is 2.43. The van der Waals surface area contributed by atoms with Gasteiger partial charge < -0.3 is 10.1 Å². The monoisotopic (exact) mass is 313 g/mol. The Balaban J connectivity index is 1.56. The lowest BCUT2D eigenvalue weighted by atomic mass is 10.1. The van der Waals surface area contributed by atoms with Crippen LogP contribution in [0.15, 0.2) is 48.5 Å². The summed E-state index contributed by atoms with van der Waals surface area (Å²) in [7, 11) is 1.66. The van der Waals surface area contributed by atoms with Crippen LogP contribution in [-0.2, 0) is 22.7 Å². The number of ether oxygens (including phenoxy) is 1. The van der Waals surface area contributed by atoms with E-state index < -0.39 is 0 Å². The molecule has 1 amide bonds. The van der Waals surface area contributed by atoms with E-state index >= 15 is 0 Å². The zero-order valence-corrected chi connectivity index (χ0v) is 13.1. The minimum atomic E-state index is -0.245. The predicted octanol–water partition coefficient (Wildman–Crippen LogP) is 3.39. The lowest BCUT2D eigenvalue weighted by Gasteiger charge is -2.10. The molecular formula is C19H20FNO2. The van der Waals surface area contributed by atoms with Gasteiger partial charge in [-0.1, -0.05) is 36.4 Å². The van der Waals surface area contributed by atoms with Crippen LogP contribution in [-0.4, -0.2) is 13.0 Å². The molecule has 0 saturated heterocycles. The summed E-state index contributed by atoms with van der Waals surface area (Å²) in [6.45, 7) is 1.04.